The van der Waals surface area contributed by atoms with Crippen molar-refractivity contribution in [1.29, 1.82) is 0 Å². The minimum absolute atomic E-state index is 0.193. The van der Waals surface area contributed by atoms with Crippen molar-refractivity contribution in [3.63, 3.8) is 0 Å². The number of hydroxylamine groups is 1. The first kappa shape index (κ1) is 32.7. The van der Waals surface area contributed by atoms with E-state index in [1.165, 1.54) is 12.1 Å². The van der Waals surface area contributed by atoms with Crippen LogP contribution in [0.1, 0.15) is 44.1 Å². The Morgan fingerprint density at radius 1 is 0.617 bits per heavy atom. The molecule has 0 aliphatic rings. The number of anilines is 3. The molecular weight excluding hydrogens is 598 g/mol. The molecular formula is C35H35N7O5. The minimum atomic E-state index is -2.21. The van der Waals surface area contributed by atoms with Gasteiger partial charge in [-0.05, 0) is 54.8 Å². The topological polar surface area (TPSA) is 188 Å². The number of carbonyl (C=O) groups is 4. The Morgan fingerprint density at radius 3 is 1.62 bits per heavy atom. The number of nitrogens with one attached hydrogen (secondary N) is 4. The lowest BCUT2D eigenvalue weighted by Gasteiger charge is -2.28. The van der Waals surface area contributed by atoms with Crippen LogP contribution >= 0.6 is 0 Å². The van der Waals surface area contributed by atoms with Crippen molar-refractivity contribution in [2.24, 2.45) is 5.73 Å². The van der Waals surface area contributed by atoms with E-state index in [1.807, 2.05) is 24.3 Å². The molecule has 7 N–H and O–H groups in total. The number of para-hydroxylation sites is 2. The molecule has 2 heterocycles. The largest absolute Gasteiger partial charge is 0.326 e. The monoisotopic (exact) mass is 633 g/mol. The van der Waals surface area contributed by atoms with Gasteiger partial charge in [-0.3, -0.25) is 34.4 Å². The zero-order valence-corrected chi connectivity index (χ0v) is 25.5. The van der Waals surface area contributed by atoms with Crippen LogP contribution in [0.4, 0.5) is 17.1 Å². The number of pyridine rings is 2. The highest BCUT2D eigenvalue weighted by atomic mass is 16.5. The van der Waals surface area contributed by atoms with Crippen molar-refractivity contribution in [2.75, 3.05) is 16.0 Å². The summed E-state index contributed by atoms with van der Waals surface area (Å²) in [7, 11) is 0. The number of benzene rings is 3. The maximum Gasteiger partial charge on any atom is 0.258 e. The average Bonchev–Trinajstić information content (AvgIpc) is 3.09. The lowest BCUT2D eigenvalue weighted by Crippen LogP contribution is -2.57. The number of carbonyl (C=O) groups excluding carboxylic acids is 4. The summed E-state index contributed by atoms with van der Waals surface area (Å²) in [5.74, 6) is -2.20. The summed E-state index contributed by atoms with van der Waals surface area (Å²) in [5.41, 5.74) is 8.71. The third-order valence-electron chi connectivity index (χ3n) is 7.78. The Bertz CT molecular complexity index is 1810. The highest BCUT2D eigenvalue weighted by Crippen LogP contribution is 2.29. The van der Waals surface area contributed by atoms with Gasteiger partial charge in [0.25, 0.3) is 11.8 Å². The summed E-state index contributed by atoms with van der Waals surface area (Å²) in [6.45, 7) is 0. The quantitative estimate of drug-likeness (QED) is 0.0452. The minimum Gasteiger partial charge on any atom is -0.326 e. The Morgan fingerprint density at radius 2 is 1.11 bits per heavy atom. The fraction of sp³-hybridized carbons (Fsp3) is 0.200. The van der Waals surface area contributed by atoms with Crippen LogP contribution in [0, 0.1) is 0 Å². The molecule has 0 spiro atoms. The second kappa shape index (κ2) is 15.0. The summed E-state index contributed by atoms with van der Waals surface area (Å²) in [6.07, 6.45) is 6.48. The van der Waals surface area contributed by atoms with E-state index in [9.17, 15) is 19.2 Å². The summed E-state index contributed by atoms with van der Waals surface area (Å²) < 4.78 is 0. The first-order chi connectivity index (χ1) is 22.8. The van der Waals surface area contributed by atoms with E-state index in [-0.39, 0.29) is 24.3 Å². The van der Waals surface area contributed by atoms with E-state index >= 15 is 0 Å². The zero-order valence-electron chi connectivity index (χ0n) is 25.5. The molecule has 0 bridgehead atoms. The number of nitrogens with zero attached hydrogens (tertiary/aromatic N) is 2. The van der Waals surface area contributed by atoms with Crippen LogP contribution in [0.2, 0.25) is 0 Å². The number of unbranched alkanes of at least 4 members (excludes halogenated alkanes) is 3. The molecule has 12 nitrogen and oxygen atoms in total. The highest BCUT2D eigenvalue weighted by Gasteiger charge is 2.44. The standard InChI is InChI=1S/C35H35N7O5/c36-35(33(45)40-27-13-5-9-23-11-7-21-37-31(23)27,34(46)41-28-14-6-10-24-12-8-22-38-32(24)28)25-17-19-26(20-18-25)39-29(43)15-3-1-2-4-16-30(44)42-47/h5-14,17-22,47H,1-4,15-16,36H2,(H,39,43)(H,40,45)(H,41,46)(H,42,44). The van der Waals surface area contributed by atoms with Gasteiger partial charge < -0.3 is 21.7 Å². The molecule has 0 saturated heterocycles. The number of fused-ring (bicyclic) bond motifs is 2. The average molecular weight is 634 g/mol. The molecule has 47 heavy (non-hydrogen) atoms. The SMILES string of the molecule is NC(C(=O)Nc1cccc2cccnc12)(C(=O)Nc1cccc2cccnc12)c1ccc(NC(=O)CCCCCCC(=O)NO)cc1. The molecule has 5 rings (SSSR count). The van der Waals surface area contributed by atoms with Gasteiger partial charge in [-0.25, -0.2) is 5.48 Å². The lowest BCUT2D eigenvalue weighted by molar-refractivity contribution is -0.132. The summed E-state index contributed by atoms with van der Waals surface area (Å²) in [6, 6.07) is 24.2. The van der Waals surface area contributed by atoms with Gasteiger partial charge in [-0.1, -0.05) is 61.4 Å². The second-order valence-electron chi connectivity index (χ2n) is 11.1. The summed E-state index contributed by atoms with van der Waals surface area (Å²) in [5, 5.41) is 18.6. The summed E-state index contributed by atoms with van der Waals surface area (Å²) >= 11 is 0. The third kappa shape index (κ3) is 7.75. The smallest absolute Gasteiger partial charge is 0.258 e. The normalized spacial score (nSPS) is 11.2. The van der Waals surface area contributed by atoms with E-state index in [0.717, 1.165) is 23.6 Å². The van der Waals surface area contributed by atoms with Gasteiger partial charge in [0.2, 0.25) is 17.4 Å². The molecule has 0 fully saturated rings. The van der Waals surface area contributed by atoms with E-state index in [1.54, 1.807) is 66.4 Å². The number of aromatic nitrogens is 2. The fourth-order valence-electron chi connectivity index (χ4n) is 5.24. The van der Waals surface area contributed by atoms with Crippen LogP contribution in [0.3, 0.4) is 0 Å². The first-order valence-corrected chi connectivity index (χ1v) is 15.2. The Balaban J connectivity index is 1.35. The van der Waals surface area contributed by atoms with E-state index in [0.29, 0.717) is 40.9 Å². The molecule has 0 atom stereocenters. The van der Waals surface area contributed by atoms with Gasteiger partial charge in [0.1, 0.15) is 0 Å². The fourth-order valence-corrected chi connectivity index (χ4v) is 5.24. The predicted molar refractivity (Wildman–Crippen MR) is 179 cm³/mol. The van der Waals surface area contributed by atoms with E-state index in [2.05, 4.69) is 25.9 Å². The molecule has 0 saturated carbocycles. The lowest BCUT2D eigenvalue weighted by atomic mass is 9.88. The van der Waals surface area contributed by atoms with Gasteiger partial charge in [0.05, 0.1) is 22.4 Å². The van der Waals surface area contributed by atoms with Crippen LogP contribution < -0.4 is 27.2 Å². The molecule has 2 aromatic heterocycles. The zero-order chi connectivity index (χ0) is 33.2. The number of nitrogens with two attached hydrogens (primary N) is 1. The molecule has 0 unspecified atom stereocenters. The Hall–Kier alpha value is -5.72. The molecule has 12 heteroatoms. The molecule has 0 aliphatic carbocycles. The van der Waals surface area contributed by atoms with Crippen LogP contribution in [0.5, 0.6) is 0 Å². The van der Waals surface area contributed by atoms with Gasteiger partial charge in [-0.15, -0.1) is 0 Å². The number of hydrogen-bond acceptors (Lipinski definition) is 8. The molecule has 0 aliphatic heterocycles. The molecule has 4 amide bonds. The maximum absolute atomic E-state index is 14.0. The van der Waals surface area contributed by atoms with Gasteiger partial charge in [-0.2, -0.15) is 0 Å². The van der Waals surface area contributed by atoms with Crippen molar-refractivity contribution in [2.45, 2.75) is 44.1 Å². The Kier molecular flexibility index (Phi) is 10.5. The van der Waals surface area contributed by atoms with E-state index in [4.69, 9.17) is 10.9 Å². The van der Waals surface area contributed by atoms with Crippen molar-refractivity contribution in [3.05, 3.63) is 103 Å². The van der Waals surface area contributed by atoms with Gasteiger partial charge in [0, 0.05) is 41.7 Å². The van der Waals surface area contributed by atoms with Crippen LogP contribution in [0.15, 0.2) is 97.3 Å². The van der Waals surface area contributed by atoms with Crippen molar-refractivity contribution in [1.82, 2.24) is 15.4 Å². The number of hydrogen-bond donors (Lipinski definition) is 6. The predicted octanol–water partition coefficient (Wildman–Crippen LogP) is 5.00. The second-order valence-corrected chi connectivity index (χ2v) is 11.1. The Labute approximate surface area is 270 Å². The summed E-state index contributed by atoms with van der Waals surface area (Å²) in [4.78, 5) is 60.5. The highest BCUT2D eigenvalue weighted by molar-refractivity contribution is 6.20. The molecule has 0 radical (unpaired) electrons. The maximum atomic E-state index is 14.0. The molecule has 5 aromatic rings. The van der Waals surface area contributed by atoms with Gasteiger partial charge >= 0.3 is 0 Å². The van der Waals surface area contributed by atoms with Crippen LogP contribution in [-0.2, 0) is 24.7 Å². The van der Waals surface area contributed by atoms with Gasteiger partial charge in [0.15, 0.2) is 0 Å². The van der Waals surface area contributed by atoms with Crippen LogP contribution in [-0.4, -0.2) is 38.8 Å². The number of rotatable bonds is 13. The number of amides is 4. The molecule has 3 aromatic carbocycles. The van der Waals surface area contributed by atoms with E-state index < -0.39 is 23.3 Å². The van der Waals surface area contributed by atoms with Crippen molar-refractivity contribution < 1.29 is 24.4 Å². The molecule has 240 valence electrons. The van der Waals surface area contributed by atoms with Crippen molar-refractivity contribution >= 4 is 62.5 Å². The van der Waals surface area contributed by atoms with Crippen molar-refractivity contribution in [3.8, 4) is 0 Å². The first-order valence-electron chi connectivity index (χ1n) is 15.2. The third-order valence-corrected chi connectivity index (χ3v) is 7.78. The van der Waals surface area contributed by atoms with Crippen LogP contribution in [0.25, 0.3) is 21.8 Å².